The zero-order chi connectivity index (χ0) is 22.8. The minimum atomic E-state index is -0.616. The van der Waals surface area contributed by atoms with E-state index in [1.165, 1.54) is 18.3 Å². The zero-order valence-electron chi connectivity index (χ0n) is 17.7. The molecular weight excluding hydrogens is 428 g/mol. The second kappa shape index (κ2) is 8.72. The summed E-state index contributed by atoms with van der Waals surface area (Å²) in [5.41, 5.74) is 3.14. The molecule has 3 heterocycles. The van der Waals surface area contributed by atoms with Crippen LogP contribution in [-0.2, 0) is 16.6 Å². The Morgan fingerprint density at radius 3 is 2.56 bits per heavy atom. The molecule has 0 unspecified atom stereocenters. The van der Waals surface area contributed by atoms with Crippen LogP contribution in [0.25, 0.3) is 21.6 Å². The molecule has 4 aromatic rings. The summed E-state index contributed by atoms with van der Waals surface area (Å²) in [6.07, 6.45) is 0. The predicted molar refractivity (Wildman–Crippen MR) is 122 cm³/mol. The molecule has 0 atom stereocenters. The molecule has 0 saturated heterocycles. The van der Waals surface area contributed by atoms with Crippen LogP contribution in [0.3, 0.4) is 0 Å². The average molecular weight is 449 g/mol. The molecule has 0 aliphatic heterocycles. The van der Waals surface area contributed by atoms with Crippen molar-refractivity contribution < 1.29 is 19.1 Å². The van der Waals surface area contributed by atoms with Crippen LogP contribution in [-0.4, -0.2) is 39.0 Å². The largest absolute Gasteiger partial charge is 0.454 e. The number of carbonyl (C=O) groups excluding carboxylic acids is 3. The highest BCUT2D eigenvalue weighted by atomic mass is 32.1. The van der Waals surface area contributed by atoms with Crippen molar-refractivity contribution in [2.75, 3.05) is 11.9 Å². The summed E-state index contributed by atoms with van der Waals surface area (Å²) < 4.78 is 6.99. The average Bonchev–Trinajstić information content (AvgIpc) is 3.40. The first-order valence-corrected chi connectivity index (χ1v) is 10.7. The summed E-state index contributed by atoms with van der Waals surface area (Å²) in [6.45, 7) is 2.80. The molecule has 1 N–H and O–H groups in total. The molecule has 8 nitrogen and oxygen atoms in total. The Labute approximate surface area is 187 Å². The van der Waals surface area contributed by atoms with E-state index in [0.717, 1.165) is 4.88 Å². The van der Waals surface area contributed by atoms with Gasteiger partial charge in [0.25, 0.3) is 0 Å². The van der Waals surface area contributed by atoms with Crippen molar-refractivity contribution in [1.82, 2.24) is 14.8 Å². The number of aromatic nitrogens is 3. The number of fused-ring (bicyclic) bond motifs is 1. The molecule has 32 heavy (non-hydrogen) atoms. The number of esters is 1. The molecular formula is C23H20N4O4S. The highest BCUT2D eigenvalue weighted by Crippen LogP contribution is 2.29. The highest BCUT2D eigenvalue weighted by Gasteiger charge is 2.21. The molecule has 0 spiro atoms. The molecule has 1 amide bonds. The Bertz CT molecular complexity index is 1320. The van der Waals surface area contributed by atoms with Gasteiger partial charge in [-0.25, -0.2) is 9.78 Å². The molecule has 162 valence electrons. The maximum Gasteiger partial charge on any atom is 0.339 e. The van der Waals surface area contributed by atoms with Gasteiger partial charge in [-0.05, 0) is 48.7 Å². The van der Waals surface area contributed by atoms with Gasteiger partial charge in [0.1, 0.15) is 0 Å². The third kappa shape index (κ3) is 4.28. The molecule has 0 aliphatic rings. The van der Waals surface area contributed by atoms with Gasteiger partial charge in [-0.1, -0.05) is 6.07 Å². The Balaban J connectivity index is 1.57. The highest BCUT2D eigenvalue weighted by molar-refractivity contribution is 7.13. The van der Waals surface area contributed by atoms with Crippen molar-refractivity contribution in [2.24, 2.45) is 7.05 Å². The van der Waals surface area contributed by atoms with Gasteiger partial charge < -0.3 is 10.1 Å². The van der Waals surface area contributed by atoms with E-state index in [2.05, 4.69) is 15.4 Å². The fourth-order valence-electron chi connectivity index (χ4n) is 3.39. The van der Waals surface area contributed by atoms with Gasteiger partial charge in [-0.15, -0.1) is 11.3 Å². The topological polar surface area (TPSA) is 103 Å². The fraction of sp³-hybridized carbons (Fsp3) is 0.174. The van der Waals surface area contributed by atoms with Crippen molar-refractivity contribution in [3.8, 4) is 10.6 Å². The Morgan fingerprint density at radius 2 is 1.91 bits per heavy atom. The second-order valence-electron chi connectivity index (χ2n) is 7.20. The number of Topliss-reactive ketones (excluding diaryl/α,β-unsaturated/α-hetero) is 1. The van der Waals surface area contributed by atoms with Gasteiger partial charge in [0.2, 0.25) is 5.91 Å². The van der Waals surface area contributed by atoms with E-state index < -0.39 is 12.6 Å². The number of aryl methyl sites for hydroxylation is 2. The van der Waals surface area contributed by atoms with Crippen LogP contribution in [0.15, 0.2) is 47.8 Å². The van der Waals surface area contributed by atoms with Crippen LogP contribution in [0.4, 0.5) is 5.69 Å². The fourth-order valence-corrected chi connectivity index (χ4v) is 4.08. The molecule has 4 rings (SSSR count). The number of nitrogens with one attached hydrogen (secondary N) is 1. The van der Waals surface area contributed by atoms with Crippen LogP contribution in [0.2, 0.25) is 0 Å². The first kappa shape index (κ1) is 21.4. The normalized spacial score (nSPS) is 10.8. The van der Waals surface area contributed by atoms with Gasteiger partial charge in [-0.3, -0.25) is 14.3 Å². The van der Waals surface area contributed by atoms with E-state index in [9.17, 15) is 14.4 Å². The van der Waals surface area contributed by atoms with Crippen molar-refractivity contribution in [3.05, 3.63) is 64.7 Å². The Hall–Kier alpha value is -3.85. The molecule has 0 fully saturated rings. The monoisotopic (exact) mass is 448 g/mol. The van der Waals surface area contributed by atoms with Gasteiger partial charge in [0.05, 0.1) is 27.2 Å². The summed E-state index contributed by atoms with van der Waals surface area (Å²) in [7, 11) is 1.77. The van der Waals surface area contributed by atoms with Crippen LogP contribution in [0.5, 0.6) is 0 Å². The number of nitrogens with zero attached hydrogens (tertiary/aromatic N) is 3. The van der Waals surface area contributed by atoms with Crippen LogP contribution in [0.1, 0.15) is 33.3 Å². The number of hydrogen-bond acceptors (Lipinski definition) is 7. The van der Waals surface area contributed by atoms with E-state index in [1.54, 1.807) is 49.0 Å². The molecule has 0 radical (unpaired) electrons. The molecule has 1 aromatic carbocycles. The van der Waals surface area contributed by atoms with Crippen molar-refractivity contribution >= 4 is 45.7 Å². The smallest absolute Gasteiger partial charge is 0.339 e. The van der Waals surface area contributed by atoms with Crippen LogP contribution in [0, 0.1) is 6.92 Å². The van der Waals surface area contributed by atoms with Crippen LogP contribution < -0.4 is 5.32 Å². The number of anilines is 1. The van der Waals surface area contributed by atoms with E-state index in [4.69, 9.17) is 4.74 Å². The predicted octanol–water partition coefficient (Wildman–Crippen LogP) is 4.00. The molecule has 3 aromatic heterocycles. The van der Waals surface area contributed by atoms with E-state index in [-0.39, 0.29) is 11.7 Å². The zero-order valence-corrected chi connectivity index (χ0v) is 18.5. The molecule has 0 aliphatic carbocycles. The van der Waals surface area contributed by atoms with Crippen molar-refractivity contribution in [3.63, 3.8) is 0 Å². The standard InChI is InChI=1S/C23H20N4O4S/c1-13-21-17(11-18(20-5-4-10-32-20)25-22(21)27(3)26-13)23(30)31-12-19(29)15-6-8-16(9-7-15)24-14(2)28/h4-11H,12H2,1-3H3,(H,24,28). The lowest BCUT2D eigenvalue weighted by Crippen LogP contribution is -2.15. The summed E-state index contributed by atoms with van der Waals surface area (Å²) in [5, 5.41) is 9.55. The number of ether oxygens (including phenoxy) is 1. The van der Waals surface area contributed by atoms with Gasteiger partial charge in [-0.2, -0.15) is 5.10 Å². The maximum atomic E-state index is 13.0. The van der Waals surface area contributed by atoms with Gasteiger partial charge >= 0.3 is 5.97 Å². The Morgan fingerprint density at radius 1 is 1.16 bits per heavy atom. The number of hydrogen-bond donors (Lipinski definition) is 1. The molecule has 9 heteroatoms. The SMILES string of the molecule is CC(=O)Nc1ccc(C(=O)COC(=O)c2cc(-c3cccs3)nc3c2c(C)nn3C)cc1. The summed E-state index contributed by atoms with van der Waals surface area (Å²) in [4.78, 5) is 42.2. The number of ketones is 1. The van der Waals surface area contributed by atoms with E-state index >= 15 is 0 Å². The van der Waals surface area contributed by atoms with E-state index in [1.807, 2.05) is 17.5 Å². The number of pyridine rings is 1. The van der Waals surface area contributed by atoms with Crippen molar-refractivity contribution in [2.45, 2.75) is 13.8 Å². The lowest BCUT2D eigenvalue weighted by atomic mass is 10.1. The number of benzene rings is 1. The van der Waals surface area contributed by atoms with E-state index in [0.29, 0.717) is 39.2 Å². The summed E-state index contributed by atoms with van der Waals surface area (Å²) in [5.74, 6) is -1.16. The molecule has 0 saturated carbocycles. The minimum absolute atomic E-state index is 0.200. The third-order valence-corrected chi connectivity index (χ3v) is 5.72. The first-order valence-electron chi connectivity index (χ1n) is 9.79. The van der Waals surface area contributed by atoms with Gasteiger partial charge in [0, 0.05) is 25.2 Å². The lowest BCUT2D eigenvalue weighted by Gasteiger charge is -2.08. The molecule has 0 bridgehead atoms. The summed E-state index contributed by atoms with van der Waals surface area (Å²) >= 11 is 1.51. The Kier molecular flexibility index (Phi) is 5.83. The second-order valence-corrected chi connectivity index (χ2v) is 8.15. The number of amides is 1. The number of rotatable bonds is 6. The lowest BCUT2D eigenvalue weighted by molar-refractivity contribution is -0.114. The first-order chi connectivity index (χ1) is 15.3. The summed E-state index contributed by atoms with van der Waals surface area (Å²) in [6, 6.07) is 11.9. The van der Waals surface area contributed by atoms with Gasteiger partial charge in [0.15, 0.2) is 18.0 Å². The minimum Gasteiger partial charge on any atom is -0.454 e. The third-order valence-electron chi connectivity index (χ3n) is 4.82. The number of carbonyl (C=O) groups is 3. The quantitative estimate of drug-likeness (QED) is 0.353. The maximum absolute atomic E-state index is 13.0. The number of thiophene rings is 1. The van der Waals surface area contributed by atoms with Crippen LogP contribution >= 0.6 is 11.3 Å². The van der Waals surface area contributed by atoms with Crippen molar-refractivity contribution in [1.29, 1.82) is 0 Å².